The number of methoxy groups -OCH3 is 1. The molecule has 0 saturated carbocycles. The van der Waals surface area contributed by atoms with Gasteiger partial charge in [0.15, 0.2) is 0 Å². The van der Waals surface area contributed by atoms with Crippen LogP contribution in [0.2, 0.25) is 0 Å². The molecule has 1 N–H and O–H groups in total. The smallest absolute Gasteiger partial charge is 0.349 e. The molecule has 0 saturated heterocycles. The standard InChI is InChI=1S/C20H16N2O6S/c1-4-27-20(25)16-10(2)14(9-21)18(29-16)22-17(23)13-8-11-7-12(26-3)5-6-15(11)28-19(13)24/h5-8H,4H2,1-3H3,(H,22,23). The van der Waals surface area contributed by atoms with Gasteiger partial charge in [-0.15, -0.1) is 11.3 Å². The molecule has 0 bridgehead atoms. The van der Waals surface area contributed by atoms with Crippen LogP contribution in [-0.2, 0) is 4.74 Å². The summed E-state index contributed by atoms with van der Waals surface area (Å²) < 4.78 is 15.3. The lowest BCUT2D eigenvalue weighted by Crippen LogP contribution is -2.20. The lowest BCUT2D eigenvalue weighted by atomic mass is 10.1. The average molecular weight is 412 g/mol. The predicted molar refractivity (Wildman–Crippen MR) is 107 cm³/mol. The highest BCUT2D eigenvalue weighted by Crippen LogP contribution is 2.33. The average Bonchev–Trinajstić information content (AvgIpc) is 3.02. The normalized spacial score (nSPS) is 10.4. The number of esters is 1. The van der Waals surface area contributed by atoms with Crippen LogP contribution in [0.5, 0.6) is 5.75 Å². The van der Waals surface area contributed by atoms with Crippen molar-refractivity contribution in [1.29, 1.82) is 5.26 Å². The molecule has 0 aliphatic carbocycles. The molecule has 0 unspecified atom stereocenters. The van der Waals surface area contributed by atoms with E-state index in [0.717, 1.165) is 11.3 Å². The van der Waals surface area contributed by atoms with E-state index in [4.69, 9.17) is 13.9 Å². The Labute approximate surface area is 169 Å². The van der Waals surface area contributed by atoms with Crippen molar-refractivity contribution < 1.29 is 23.5 Å². The molecule has 1 aromatic carbocycles. The first-order chi connectivity index (χ1) is 13.9. The third kappa shape index (κ3) is 3.83. The van der Waals surface area contributed by atoms with Gasteiger partial charge in [-0.3, -0.25) is 4.79 Å². The third-order valence-electron chi connectivity index (χ3n) is 4.13. The molecular formula is C20H16N2O6S. The molecule has 2 aromatic heterocycles. The van der Waals surface area contributed by atoms with Crippen molar-refractivity contribution in [3.8, 4) is 11.8 Å². The Hall–Kier alpha value is -3.64. The second-order valence-electron chi connectivity index (χ2n) is 5.90. The fourth-order valence-corrected chi connectivity index (χ4v) is 3.73. The van der Waals surface area contributed by atoms with Crippen molar-refractivity contribution in [2.75, 3.05) is 19.0 Å². The Bertz CT molecular complexity index is 1220. The van der Waals surface area contributed by atoms with Gasteiger partial charge >= 0.3 is 11.6 Å². The van der Waals surface area contributed by atoms with E-state index in [1.165, 1.54) is 13.2 Å². The summed E-state index contributed by atoms with van der Waals surface area (Å²) >= 11 is 0.916. The van der Waals surface area contributed by atoms with Gasteiger partial charge < -0.3 is 19.2 Å². The molecule has 0 aliphatic heterocycles. The van der Waals surface area contributed by atoms with Gasteiger partial charge in [0.2, 0.25) is 0 Å². The molecule has 2 heterocycles. The minimum atomic E-state index is -0.822. The van der Waals surface area contributed by atoms with E-state index in [0.29, 0.717) is 22.3 Å². The SMILES string of the molecule is CCOC(=O)c1sc(NC(=O)c2cc3cc(OC)ccc3oc2=O)c(C#N)c1C. The quantitative estimate of drug-likeness (QED) is 0.503. The molecule has 3 aromatic rings. The van der Waals surface area contributed by atoms with E-state index in [2.05, 4.69) is 5.32 Å². The number of benzene rings is 1. The second-order valence-corrected chi connectivity index (χ2v) is 6.92. The fourth-order valence-electron chi connectivity index (χ4n) is 2.68. The fraction of sp³-hybridized carbons (Fsp3) is 0.200. The molecule has 0 aliphatic rings. The van der Waals surface area contributed by atoms with Crippen LogP contribution in [0.15, 0.2) is 33.5 Å². The molecule has 0 atom stereocenters. The van der Waals surface area contributed by atoms with Crippen molar-refractivity contribution in [1.82, 2.24) is 0 Å². The highest BCUT2D eigenvalue weighted by Gasteiger charge is 2.23. The summed E-state index contributed by atoms with van der Waals surface area (Å²) in [4.78, 5) is 37.2. The van der Waals surface area contributed by atoms with E-state index in [1.807, 2.05) is 6.07 Å². The van der Waals surface area contributed by atoms with Crippen LogP contribution >= 0.6 is 11.3 Å². The summed E-state index contributed by atoms with van der Waals surface area (Å²) in [5.74, 6) is -0.793. The van der Waals surface area contributed by atoms with Crippen molar-refractivity contribution in [3.63, 3.8) is 0 Å². The Morgan fingerprint density at radius 2 is 2.07 bits per heavy atom. The van der Waals surface area contributed by atoms with Crippen molar-refractivity contribution in [2.24, 2.45) is 0 Å². The van der Waals surface area contributed by atoms with Crippen molar-refractivity contribution >= 4 is 39.2 Å². The first-order valence-electron chi connectivity index (χ1n) is 8.53. The van der Waals surface area contributed by atoms with E-state index < -0.39 is 17.5 Å². The maximum atomic E-state index is 12.7. The van der Waals surface area contributed by atoms with Crippen LogP contribution in [0, 0.1) is 18.3 Å². The number of rotatable bonds is 5. The van der Waals surface area contributed by atoms with Crippen LogP contribution in [0.4, 0.5) is 5.00 Å². The molecule has 0 fully saturated rings. The zero-order valence-corrected chi connectivity index (χ0v) is 16.6. The summed E-state index contributed by atoms with van der Waals surface area (Å²) in [7, 11) is 1.50. The van der Waals surface area contributed by atoms with E-state index in [9.17, 15) is 19.6 Å². The zero-order valence-electron chi connectivity index (χ0n) is 15.8. The number of carbonyl (C=O) groups is 2. The van der Waals surface area contributed by atoms with Crippen molar-refractivity contribution in [3.05, 3.63) is 56.3 Å². The van der Waals surface area contributed by atoms with E-state index in [-0.39, 0.29) is 27.6 Å². The van der Waals surface area contributed by atoms with Gasteiger partial charge in [-0.05, 0) is 43.7 Å². The predicted octanol–water partition coefficient (Wildman–Crippen LogP) is 3.47. The number of amides is 1. The van der Waals surface area contributed by atoms with Crippen LogP contribution in [0.1, 0.15) is 38.1 Å². The number of thiophene rings is 1. The third-order valence-corrected chi connectivity index (χ3v) is 5.32. The first-order valence-corrected chi connectivity index (χ1v) is 9.35. The number of hydrogen-bond donors (Lipinski definition) is 1. The molecule has 8 nitrogen and oxygen atoms in total. The number of hydrogen-bond acceptors (Lipinski definition) is 8. The van der Waals surface area contributed by atoms with Gasteiger partial charge in [0.1, 0.15) is 32.8 Å². The summed E-state index contributed by atoms with van der Waals surface area (Å²) in [6.07, 6.45) is 0. The number of nitrogens with zero attached hydrogens (tertiary/aromatic N) is 1. The molecule has 0 spiro atoms. The Morgan fingerprint density at radius 1 is 1.31 bits per heavy atom. The highest BCUT2D eigenvalue weighted by atomic mass is 32.1. The number of anilines is 1. The minimum absolute atomic E-state index is 0.137. The zero-order chi connectivity index (χ0) is 21.1. The maximum Gasteiger partial charge on any atom is 0.349 e. The molecule has 1 amide bonds. The Balaban J connectivity index is 1.99. The molecule has 9 heteroatoms. The minimum Gasteiger partial charge on any atom is -0.497 e. The largest absolute Gasteiger partial charge is 0.497 e. The summed E-state index contributed by atoms with van der Waals surface area (Å²) in [5.41, 5.74) is -0.211. The van der Waals surface area contributed by atoms with Gasteiger partial charge in [0, 0.05) is 5.39 Å². The molecule has 148 valence electrons. The Kier molecular flexibility index (Phi) is 5.66. The number of fused-ring (bicyclic) bond motifs is 1. The van der Waals surface area contributed by atoms with Crippen LogP contribution in [0.25, 0.3) is 11.0 Å². The van der Waals surface area contributed by atoms with E-state index >= 15 is 0 Å². The number of nitriles is 1. The molecule has 0 radical (unpaired) electrons. The summed E-state index contributed by atoms with van der Waals surface area (Å²) in [6, 6.07) is 8.19. The lowest BCUT2D eigenvalue weighted by Gasteiger charge is -2.05. The van der Waals surface area contributed by atoms with Gasteiger partial charge in [0.25, 0.3) is 5.91 Å². The van der Waals surface area contributed by atoms with Gasteiger partial charge in [0.05, 0.1) is 19.3 Å². The van der Waals surface area contributed by atoms with Gasteiger partial charge in [-0.2, -0.15) is 5.26 Å². The van der Waals surface area contributed by atoms with E-state index in [1.54, 1.807) is 32.0 Å². The lowest BCUT2D eigenvalue weighted by molar-refractivity contribution is 0.0531. The van der Waals surface area contributed by atoms with Gasteiger partial charge in [-0.25, -0.2) is 9.59 Å². The second kappa shape index (κ2) is 8.16. The number of nitrogens with one attached hydrogen (secondary N) is 1. The highest BCUT2D eigenvalue weighted by molar-refractivity contribution is 7.18. The van der Waals surface area contributed by atoms with Crippen LogP contribution in [0.3, 0.4) is 0 Å². The van der Waals surface area contributed by atoms with Crippen LogP contribution < -0.4 is 15.7 Å². The van der Waals surface area contributed by atoms with Crippen molar-refractivity contribution in [2.45, 2.75) is 13.8 Å². The number of carbonyl (C=O) groups excluding carboxylic acids is 2. The topological polar surface area (TPSA) is 119 Å². The Morgan fingerprint density at radius 3 is 2.72 bits per heavy atom. The van der Waals surface area contributed by atoms with Crippen LogP contribution in [-0.4, -0.2) is 25.6 Å². The monoisotopic (exact) mass is 412 g/mol. The van der Waals surface area contributed by atoms with Gasteiger partial charge in [-0.1, -0.05) is 0 Å². The maximum absolute atomic E-state index is 12.7. The first kappa shape index (κ1) is 20.1. The molecule has 3 rings (SSSR count). The molecular weight excluding hydrogens is 396 g/mol. The summed E-state index contributed by atoms with van der Waals surface area (Å²) in [5, 5.41) is 12.6. The number of ether oxygens (including phenoxy) is 2. The summed E-state index contributed by atoms with van der Waals surface area (Å²) in [6.45, 7) is 3.44. The molecule has 29 heavy (non-hydrogen) atoms.